The fourth-order valence-electron chi connectivity index (χ4n) is 3.79. The molecule has 3 aliphatic rings. The highest BCUT2D eigenvalue weighted by molar-refractivity contribution is 5.93. The number of ether oxygens (including phenoxy) is 1. The van der Waals surface area contributed by atoms with Gasteiger partial charge in [-0.25, -0.2) is 0 Å². The van der Waals surface area contributed by atoms with Gasteiger partial charge >= 0.3 is 0 Å². The van der Waals surface area contributed by atoms with E-state index in [1.165, 1.54) is 0 Å². The highest BCUT2D eigenvalue weighted by Crippen LogP contribution is 2.41. The van der Waals surface area contributed by atoms with Crippen molar-refractivity contribution in [1.29, 1.82) is 0 Å². The van der Waals surface area contributed by atoms with Crippen LogP contribution in [0.25, 0.3) is 0 Å². The summed E-state index contributed by atoms with van der Waals surface area (Å²) in [6, 6.07) is 0. The molecule has 1 aromatic heterocycles. The van der Waals surface area contributed by atoms with Crippen LogP contribution >= 0.6 is 0 Å². The van der Waals surface area contributed by atoms with E-state index in [2.05, 4.69) is 15.5 Å². The van der Waals surface area contributed by atoms with Crippen molar-refractivity contribution in [2.45, 2.75) is 63.4 Å². The third kappa shape index (κ3) is 3.56. The van der Waals surface area contributed by atoms with Crippen molar-refractivity contribution in [2.24, 2.45) is 5.92 Å². The first-order valence-corrected chi connectivity index (χ1v) is 9.24. The van der Waals surface area contributed by atoms with Gasteiger partial charge in [0, 0.05) is 24.3 Å². The minimum atomic E-state index is -0.459. The van der Waals surface area contributed by atoms with E-state index in [0.29, 0.717) is 37.1 Å². The molecule has 0 radical (unpaired) electrons. The molecule has 1 amide bonds. The van der Waals surface area contributed by atoms with Gasteiger partial charge < -0.3 is 19.7 Å². The van der Waals surface area contributed by atoms with Gasteiger partial charge in [0.2, 0.25) is 5.89 Å². The Labute approximate surface area is 146 Å². The van der Waals surface area contributed by atoms with Crippen LogP contribution in [-0.4, -0.2) is 40.4 Å². The first-order valence-electron chi connectivity index (χ1n) is 9.24. The predicted octanol–water partition coefficient (Wildman–Crippen LogP) is 2.00. The van der Waals surface area contributed by atoms with E-state index in [1.807, 2.05) is 6.92 Å². The van der Waals surface area contributed by atoms with Crippen LogP contribution in [0.1, 0.15) is 69.0 Å². The minimum Gasteiger partial charge on any atom is -0.498 e. The van der Waals surface area contributed by atoms with E-state index in [0.717, 1.165) is 43.5 Å². The quantitative estimate of drug-likeness (QED) is 0.845. The number of aliphatic hydroxyl groups is 1. The smallest absolute Gasteiger partial charge is 0.250 e. The lowest BCUT2D eigenvalue weighted by molar-refractivity contribution is -0.118. The summed E-state index contributed by atoms with van der Waals surface area (Å²) in [6.07, 6.45) is 4.80. The summed E-state index contributed by atoms with van der Waals surface area (Å²) in [5, 5.41) is 17.4. The van der Waals surface area contributed by atoms with Crippen LogP contribution in [-0.2, 0) is 9.53 Å². The van der Waals surface area contributed by atoms with Crippen molar-refractivity contribution in [1.82, 2.24) is 15.5 Å². The SMILES string of the molecule is CC1=C(C(=O)NC[C@H]2C[C@H](c3nc(C4CC4)no3)C[C@H]2O)CCCO1. The van der Waals surface area contributed by atoms with E-state index in [9.17, 15) is 9.90 Å². The molecule has 0 bridgehead atoms. The number of nitrogens with one attached hydrogen (secondary N) is 1. The summed E-state index contributed by atoms with van der Waals surface area (Å²) in [5.41, 5.74) is 0.723. The number of rotatable bonds is 5. The molecular weight excluding hydrogens is 322 g/mol. The Morgan fingerprint density at radius 1 is 1.32 bits per heavy atom. The third-order valence-electron chi connectivity index (χ3n) is 5.52. The highest BCUT2D eigenvalue weighted by Gasteiger charge is 2.38. The van der Waals surface area contributed by atoms with Crippen molar-refractivity contribution in [2.75, 3.05) is 13.2 Å². The van der Waals surface area contributed by atoms with Crippen LogP contribution in [0.3, 0.4) is 0 Å². The van der Waals surface area contributed by atoms with Crippen LogP contribution in [0.15, 0.2) is 15.9 Å². The number of hydrogen-bond donors (Lipinski definition) is 2. The average Bonchev–Trinajstić information content (AvgIpc) is 3.22. The zero-order valence-electron chi connectivity index (χ0n) is 14.5. The zero-order valence-corrected chi connectivity index (χ0v) is 14.5. The van der Waals surface area contributed by atoms with Crippen molar-refractivity contribution in [3.8, 4) is 0 Å². The number of allylic oxidation sites excluding steroid dienone is 1. The summed E-state index contributed by atoms with van der Waals surface area (Å²) in [5.74, 6) is 2.63. The van der Waals surface area contributed by atoms with E-state index in [-0.39, 0.29) is 17.7 Å². The molecule has 0 saturated heterocycles. The summed E-state index contributed by atoms with van der Waals surface area (Å²) in [4.78, 5) is 16.8. The molecule has 3 atom stereocenters. The van der Waals surface area contributed by atoms with Gasteiger partial charge in [0.15, 0.2) is 5.82 Å². The fraction of sp³-hybridized carbons (Fsp3) is 0.722. The maximum atomic E-state index is 12.3. The second kappa shape index (κ2) is 6.78. The number of carbonyl (C=O) groups excluding carboxylic acids is 1. The van der Waals surface area contributed by atoms with Gasteiger partial charge in [-0.2, -0.15) is 4.98 Å². The van der Waals surface area contributed by atoms with Gasteiger partial charge in [-0.1, -0.05) is 5.16 Å². The van der Waals surface area contributed by atoms with Crippen LogP contribution in [0.5, 0.6) is 0 Å². The third-order valence-corrected chi connectivity index (χ3v) is 5.52. The molecule has 2 heterocycles. The lowest BCUT2D eigenvalue weighted by atomic mass is 10.0. The molecule has 2 fully saturated rings. The number of carbonyl (C=O) groups is 1. The molecule has 0 aromatic carbocycles. The zero-order chi connectivity index (χ0) is 17.4. The van der Waals surface area contributed by atoms with Crippen LogP contribution in [0, 0.1) is 5.92 Å². The normalized spacial score (nSPS) is 29.6. The minimum absolute atomic E-state index is 0.00985. The molecule has 2 N–H and O–H groups in total. The van der Waals surface area contributed by atoms with E-state index < -0.39 is 6.10 Å². The maximum Gasteiger partial charge on any atom is 0.250 e. The Bertz CT molecular complexity index is 680. The van der Waals surface area contributed by atoms with Crippen LogP contribution in [0.2, 0.25) is 0 Å². The first-order chi connectivity index (χ1) is 12.1. The molecule has 1 aliphatic heterocycles. The van der Waals surface area contributed by atoms with Gasteiger partial charge in [-0.3, -0.25) is 4.79 Å². The first kappa shape index (κ1) is 16.6. The van der Waals surface area contributed by atoms with Gasteiger partial charge in [0.25, 0.3) is 5.91 Å². The molecule has 2 saturated carbocycles. The van der Waals surface area contributed by atoms with Crippen LogP contribution < -0.4 is 5.32 Å². The predicted molar refractivity (Wildman–Crippen MR) is 88.6 cm³/mol. The number of aromatic nitrogens is 2. The van der Waals surface area contributed by atoms with Gasteiger partial charge in [0.1, 0.15) is 5.76 Å². The maximum absolute atomic E-state index is 12.3. The van der Waals surface area contributed by atoms with E-state index in [4.69, 9.17) is 9.26 Å². The van der Waals surface area contributed by atoms with E-state index in [1.54, 1.807) is 0 Å². The van der Waals surface area contributed by atoms with Crippen molar-refractivity contribution in [3.05, 3.63) is 23.0 Å². The Kier molecular flexibility index (Phi) is 4.50. The largest absolute Gasteiger partial charge is 0.498 e. The van der Waals surface area contributed by atoms with Crippen LogP contribution in [0.4, 0.5) is 0 Å². The fourth-order valence-corrected chi connectivity index (χ4v) is 3.79. The lowest BCUT2D eigenvalue weighted by Gasteiger charge is -2.20. The number of nitrogens with zero attached hydrogens (tertiary/aromatic N) is 2. The molecule has 0 spiro atoms. The number of amides is 1. The van der Waals surface area contributed by atoms with E-state index >= 15 is 0 Å². The molecule has 7 nitrogen and oxygen atoms in total. The Balaban J connectivity index is 1.32. The summed E-state index contributed by atoms with van der Waals surface area (Å²) >= 11 is 0. The topological polar surface area (TPSA) is 97.5 Å². The molecular formula is C18H25N3O4. The molecule has 25 heavy (non-hydrogen) atoms. The second-order valence-corrected chi connectivity index (χ2v) is 7.46. The van der Waals surface area contributed by atoms with Crippen molar-refractivity contribution in [3.63, 3.8) is 0 Å². The summed E-state index contributed by atoms with van der Waals surface area (Å²) < 4.78 is 10.8. The average molecular weight is 347 g/mol. The van der Waals surface area contributed by atoms with Gasteiger partial charge in [0.05, 0.1) is 18.3 Å². The van der Waals surface area contributed by atoms with Crippen molar-refractivity contribution >= 4 is 5.91 Å². The Morgan fingerprint density at radius 2 is 2.16 bits per heavy atom. The molecule has 4 rings (SSSR count). The lowest BCUT2D eigenvalue weighted by Crippen LogP contribution is -2.34. The van der Waals surface area contributed by atoms with Gasteiger partial charge in [-0.15, -0.1) is 0 Å². The number of hydrogen-bond acceptors (Lipinski definition) is 6. The standard InChI is InChI=1S/C18H25N3O4/c1-10-14(3-2-6-24-10)17(23)19-9-13-7-12(8-15(13)22)18-20-16(21-25-18)11-4-5-11/h11-13,15,22H,2-9H2,1H3,(H,19,23)/t12-,13+,15+/m0/s1. The Hall–Kier alpha value is -1.89. The second-order valence-electron chi connectivity index (χ2n) is 7.46. The van der Waals surface area contributed by atoms with Gasteiger partial charge in [-0.05, 0) is 45.4 Å². The summed E-state index contributed by atoms with van der Waals surface area (Å²) in [6.45, 7) is 2.97. The molecule has 0 unspecified atom stereocenters. The highest BCUT2D eigenvalue weighted by atomic mass is 16.5. The molecule has 136 valence electrons. The summed E-state index contributed by atoms with van der Waals surface area (Å²) in [7, 11) is 0. The molecule has 2 aliphatic carbocycles. The molecule has 1 aromatic rings. The van der Waals surface area contributed by atoms with Crippen molar-refractivity contribution < 1.29 is 19.2 Å². The monoisotopic (exact) mass is 347 g/mol. The Morgan fingerprint density at radius 3 is 2.92 bits per heavy atom. The number of aliphatic hydroxyl groups excluding tert-OH is 1. The molecule has 7 heteroatoms.